The Morgan fingerprint density at radius 1 is 1.14 bits per heavy atom. The third kappa shape index (κ3) is 3.90. The topological polar surface area (TPSA) is 75.2 Å². The predicted molar refractivity (Wildman–Crippen MR) is 110 cm³/mol. The molecule has 2 heterocycles. The van der Waals surface area contributed by atoms with Crippen LogP contribution >= 0.6 is 22.9 Å². The Kier molecular flexibility index (Phi) is 5.11. The minimum Gasteiger partial charge on any atom is -0.312 e. The minimum absolute atomic E-state index is 0.0347. The number of benzene rings is 2. The van der Waals surface area contributed by atoms with E-state index in [0.717, 1.165) is 16.3 Å². The second-order valence-electron chi connectivity index (χ2n) is 6.65. The summed E-state index contributed by atoms with van der Waals surface area (Å²) in [6.07, 6.45) is 0.383. The fourth-order valence-corrected chi connectivity index (χ4v) is 4.02. The summed E-state index contributed by atoms with van der Waals surface area (Å²) >= 11 is 7.14. The van der Waals surface area contributed by atoms with Gasteiger partial charge in [-0.15, -0.1) is 10.2 Å². The predicted octanol–water partition coefficient (Wildman–Crippen LogP) is 4.27. The fourth-order valence-electron chi connectivity index (χ4n) is 3.07. The van der Waals surface area contributed by atoms with Crippen molar-refractivity contribution in [2.24, 2.45) is 0 Å². The quantitative estimate of drug-likeness (QED) is 0.694. The van der Waals surface area contributed by atoms with E-state index < -0.39 is 0 Å². The van der Waals surface area contributed by atoms with Crippen LogP contribution in [0.15, 0.2) is 48.5 Å². The average Bonchev–Trinajstić information content (AvgIpc) is 3.29. The first-order valence-electron chi connectivity index (χ1n) is 8.77. The van der Waals surface area contributed by atoms with Gasteiger partial charge in [0, 0.05) is 35.2 Å². The van der Waals surface area contributed by atoms with Gasteiger partial charge in [-0.3, -0.25) is 14.9 Å². The number of anilines is 2. The van der Waals surface area contributed by atoms with Crippen LogP contribution in [0.3, 0.4) is 0 Å². The van der Waals surface area contributed by atoms with Crippen molar-refractivity contribution in [2.75, 3.05) is 16.8 Å². The van der Waals surface area contributed by atoms with E-state index in [-0.39, 0.29) is 17.7 Å². The second kappa shape index (κ2) is 7.69. The molecule has 0 bridgehead atoms. The van der Waals surface area contributed by atoms with Crippen LogP contribution in [0.1, 0.15) is 33.3 Å². The van der Waals surface area contributed by atoms with E-state index in [1.807, 2.05) is 31.2 Å². The molecule has 1 aliphatic rings. The molecule has 0 spiro atoms. The number of halogens is 1. The molecular formula is C20H17ClN4O2S. The number of hydrogen-bond donors (Lipinski definition) is 1. The number of rotatable bonds is 4. The lowest BCUT2D eigenvalue weighted by Crippen LogP contribution is -2.24. The highest BCUT2D eigenvalue weighted by atomic mass is 35.5. The van der Waals surface area contributed by atoms with Crippen LogP contribution in [-0.2, 0) is 4.79 Å². The molecule has 1 saturated heterocycles. The average molecular weight is 413 g/mol. The number of aryl methyl sites for hydroxylation is 1. The third-order valence-corrected chi connectivity index (χ3v) is 5.84. The van der Waals surface area contributed by atoms with Gasteiger partial charge >= 0.3 is 0 Å². The number of nitrogens with one attached hydrogen (secondary N) is 1. The van der Waals surface area contributed by atoms with Gasteiger partial charge in [0.2, 0.25) is 11.0 Å². The maximum Gasteiger partial charge on any atom is 0.257 e. The highest BCUT2D eigenvalue weighted by Crippen LogP contribution is 2.34. The maximum atomic E-state index is 12.4. The van der Waals surface area contributed by atoms with Crippen LogP contribution in [0.5, 0.6) is 0 Å². The molecule has 2 aromatic carbocycles. The Morgan fingerprint density at radius 2 is 1.86 bits per heavy atom. The number of amides is 2. The SMILES string of the molecule is Cc1ccc(N2C[C@@H](c3nnc(NC(=O)c4ccc(Cl)cc4)s3)CC2=O)cc1. The Hall–Kier alpha value is -2.77. The van der Waals surface area contributed by atoms with Gasteiger partial charge in [-0.2, -0.15) is 0 Å². The van der Waals surface area contributed by atoms with Crippen LogP contribution in [0.25, 0.3) is 0 Å². The molecule has 0 unspecified atom stereocenters. The molecule has 6 nitrogen and oxygen atoms in total. The Labute approximate surface area is 171 Å². The maximum absolute atomic E-state index is 12.4. The molecule has 1 fully saturated rings. The molecule has 8 heteroatoms. The summed E-state index contributed by atoms with van der Waals surface area (Å²) in [4.78, 5) is 26.5. The van der Waals surface area contributed by atoms with Crippen molar-refractivity contribution >= 4 is 45.6 Å². The fraction of sp³-hybridized carbons (Fsp3) is 0.200. The number of carbonyl (C=O) groups is 2. The van der Waals surface area contributed by atoms with Gasteiger partial charge in [0.1, 0.15) is 5.01 Å². The van der Waals surface area contributed by atoms with Crippen molar-refractivity contribution in [3.05, 3.63) is 69.7 Å². The largest absolute Gasteiger partial charge is 0.312 e. The monoisotopic (exact) mass is 412 g/mol. The number of aromatic nitrogens is 2. The number of hydrogen-bond acceptors (Lipinski definition) is 5. The number of carbonyl (C=O) groups excluding carboxylic acids is 2. The molecule has 1 aliphatic heterocycles. The normalized spacial score (nSPS) is 16.4. The zero-order chi connectivity index (χ0) is 19.7. The standard InChI is InChI=1S/C20H17ClN4O2S/c1-12-2-8-16(9-3-12)25-11-14(10-17(25)26)19-23-24-20(28-19)22-18(27)13-4-6-15(21)7-5-13/h2-9,14H,10-11H2,1H3,(H,22,24,27)/t14-/m0/s1. The van der Waals surface area contributed by atoms with Gasteiger partial charge in [-0.25, -0.2) is 0 Å². The molecule has 4 rings (SSSR count). The van der Waals surface area contributed by atoms with E-state index in [2.05, 4.69) is 15.5 Å². The summed E-state index contributed by atoms with van der Waals surface area (Å²) in [5, 5.41) is 12.7. The summed E-state index contributed by atoms with van der Waals surface area (Å²) < 4.78 is 0. The van der Waals surface area contributed by atoms with E-state index in [1.165, 1.54) is 11.3 Å². The Balaban J connectivity index is 1.44. The summed E-state index contributed by atoms with van der Waals surface area (Å²) in [7, 11) is 0. The van der Waals surface area contributed by atoms with E-state index in [0.29, 0.717) is 28.7 Å². The van der Waals surface area contributed by atoms with Crippen molar-refractivity contribution in [3.8, 4) is 0 Å². The van der Waals surface area contributed by atoms with Gasteiger partial charge in [0.05, 0.1) is 0 Å². The Bertz CT molecular complexity index is 1020. The zero-order valence-corrected chi connectivity index (χ0v) is 16.6. The van der Waals surface area contributed by atoms with E-state index in [1.54, 1.807) is 29.2 Å². The number of nitrogens with zero attached hydrogens (tertiary/aromatic N) is 3. The first-order valence-corrected chi connectivity index (χ1v) is 9.96. The van der Waals surface area contributed by atoms with Crippen molar-refractivity contribution in [3.63, 3.8) is 0 Å². The molecule has 0 radical (unpaired) electrons. The highest BCUT2D eigenvalue weighted by Gasteiger charge is 2.34. The first kappa shape index (κ1) is 18.6. The van der Waals surface area contributed by atoms with Gasteiger partial charge in [0.25, 0.3) is 5.91 Å². The van der Waals surface area contributed by atoms with Crippen LogP contribution in [-0.4, -0.2) is 28.6 Å². The molecular weight excluding hydrogens is 396 g/mol. The second-order valence-corrected chi connectivity index (χ2v) is 8.09. The molecule has 1 N–H and O–H groups in total. The molecule has 142 valence electrons. The molecule has 2 amide bonds. The lowest BCUT2D eigenvalue weighted by atomic mass is 10.1. The van der Waals surface area contributed by atoms with Crippen molar-refractivity contribution in [1.29, 1.82) is 0 Å². The molecule has 1 aromatic heterocycles. The molecule has 1 atom stereocenters. The molecule has 28 heavy (non-hydrogen) atoms. The van der Waals surface area contributed by atoms with Crippen molar-refractivity contribution in [2.45, 2.75) is 19.3 Å². The summed E-state index contributed by atoms with van der Waals surface area (Å²) in [6.45, 7) is 2.57. The van der Waals surface area contributed by atoms with Crippen molar-refractivity contribution < 1.29 is 9.59 Å². The molecule has 0 saturated carbocycles. The highest BCUT2D eigenvalue weighted by molar-refractivity contribution is 7.15. The van der Waals surface area contributed by atoms with Crippen LogP contribution in [0, 0.1) is 6.92 Å². The summed E-state index contributed by atoms with van der Waals surface area (Å²) in [5.74, 6) is -0.244. The third-order valence-electron chi connectivity index (χ3n) is 4.59. The minimum atomic E-state index is -0.275. The summed E-state index contributed by atoms with van der Waals surface area (Å²) in [6, 6.07) is 14.5. The summed E-state index contributed by atoms with van der Waals surface area (Å²) in [5.41, 5.74) is 2.53. The van der Waals surface area contributed by atoms with E-state index in [9.17, 15) is 9.59 Å². The van der Waals surface area contributed by atoms with Gasteiger partial charge < -0.3 is 4.90 Å². The van der Waals surface area contributed by atoms with Crippen LogP contribution in [0.2, 0.25) is 5.02 Å². The lowest BCUT2D eigenvalue weighted by Gasteiger charge is -2.16. The Morgan fingerprint density at radius 3 is 2.57 bits per heavy atom. The van der Waals surface area contributed by atoms with Crippen LogP contribution in [0.4, 0.5) is 10.8 Å². The van der Waals surface area contributed by atoms with E-state index in [4.69, 9.17) is 11.6 Å². The van der Waals surface area contributed by atoms with Crippen LogP contribution < -0.4 is 10.2 Å². The van der Waals surface area contributed by atoms with Gasteiger partial charge in [0.15, 0.2) is 0 Å². The van der Waals surface area contributed by atoms with Gasteiger partial charge in [-0.05, 0) is 43.3 Å². The first-order chi connectivity index (χ1) is 13.5. The van der Waals surface area contributed by atoms with Gasteiger partial charge in [-0.1, -0.05) is 40.6 Å². The van der Waals surface area contributed by atoms with Crippen molar-refractivity contribution in [1.82, 2.24) is 10.2 Å². The van der Waals surface area contributed by atoms with E-state index >= 15 is 0 Å². The zero-order valence-electron chi connectivity index (χ0n) is 15.1. The smallest absolute Gasteiger partial charge is 0.257 e. The molecule has 0 aliphatic carbocycles. The molecule has 3 aromatic rings. The lowest BCUT2D eigenvalue weighted by molar-refractivity contribution is -0.117.